The summed E-state index contributed by atoms with van der Waals surface area (Å²) in [5, 5.41) is 3.82. The Morgan fingerprint density at radius 3 is 2.33 bits per heavy atom. The van der Waals surface area contributed by atoms with Crippen LogP contribution in [-0.2, 0) is 6.54 Å². The number of hydrogen-bond acceptors (Lipinski definition) is 2. The van der Waals surface area contributed by atoms with Crippen molar-refractivity contribution in [3.63, 3.8) is 0 Å². The van der Waals surface area contributed by atoms with Crippen molar-refractivity contribution in [1.29, 1.82) is 0 Å². The molecule has 0 spiro atoms. The fourth-order valence-electron chi connectivity index (χ4n) is 1.39. The number of halogens is 3. The zero-order chi connectivity index (χ0) is 13.1. The van der Waals surface area contributed by atoms with Gasteiger partial charge in [-0.25, -0.2) is 0 Å². The smallest absolute Gasteiger partial charge is 0.261 e. The van der Waals surface area contributed by atoms with E-state index in [-0.39, 0.29) is 12.5 Å². The second-order valence-corrected chi connectivity index (χ2v) is 6.02. The van der Waals surface area contributed by atoms with E-state index in [1.54, 1.807) is 30.3 Å². The molecule has 2 nitrogen and oxygen atoms in total. The molecule has 1 N–H and O–H groups in total. The fraction of sp³-hybridized carbons (Fsp3) is 0.0833. The maximum atomic E-state index is 11.8. The zero-order valence-corrected chi connectivity index (χ0v) is 12.1. The molecule has 1 amide bonds. The summed E-state index contributed by atoms with van der Waals surface area (Å²) in [5.41, 5.74) is 0.705. The minimum absolute atomic E-state index is 0.192. The van der Waals surface area contributed by atoms with Crippen molar-refractivity contribution in [3.8, 4) is 0 Å². The molecule has 18 heavy (non-hydrogen) atoms. The highest BCUT2D eigenvalue weighted by atomic mass is 35.5. The highest BCUT2D eigenvalue weighted by Gasteiger charge is 2.10. The second-order valence-electron chi connectivity index (χ2n) is 3.49. The molecule has 0 atom stereocenters. The largest absolute Gasteiger partial charge is 0.347 e. The highest BCUT2D eigenvalue weighted by Crippen LogP contribution is 2.25. The lowest BCUT2D eigenvalue weighted by molar-refractivity contribution is 0.0955. The Bertz CT molecular complexity index is 562. The molecule has 1 heterocycles. The van der Waals surface area contributed by atoms with Crippen LogP contribution >= 0.6 is 46.1 Å². The summed E-state index contributed by atoms with van der Waals surface area (Å²) in [6, 6.07) is 8.59. The molecular weight excluding hydrogens is 313 g/mol. The van der Waals surface area contributed by atoms with Crippen LogP contribution in [0.4, 0.5) is 0 Å². The summed E-state index contributed by atoms with van der Waals surface area (Å²) in [5.74, 6) is -0.192. The van der Waals surface area contributed by atoms with Crippen molar-refractivity contribution in [3.05, 3.63) is 55.2 Å². The van der Waals surface area contributed by atoms with E-state index in [9.17, 15) is 4.79 Å². The lowest BCUT2D eigenvalue weighted by Crippen LogP contribution is -2.22. The molecule has 0 unspecified atom stereocenters. The quantitative estimate of drug-likeness (QED) is 0.877. The van der Waals surface area contributed by atoms with Gasteiger partial charge in [-0.3, -0.25) is 4.79 Å². The number of carbonyl (C=O) groups excluding carboxylic acids is 1. The first-order valence-electron chi connectivity index (χ1n) is 5.04. The average Bonchev–Trinajstić information content (AvgIpc) is 2.75. The molecule has 94 valence electrons. The van der Waals surface area contributed by atoms with Crippen LogP contribution in [0, 0.1) is 0 Å². The van der Waals surface area contributed by atoms with Crippen molar-refractivity contribution >= 4 is 52.0 Å². The minimum Gasteiger partial charge on any atom is -0.347 e. The number of rotatable bonds is 3. The molecule has 2 aromatic rings. The molecule has 0 radical (unpaired) electrons. The van der Waals surface area contributed by atoms with Crippen LogP contribution < -0.4 is 5.32 Å². The summed E-state index contributed by atoms with van der Waals surface area (Å²) in [4.78, 5) is 12.4. The van der Waals surface area contributed by atoms with Crippen LogP contribution in [-0.4, -0.2) is 5.91 Å². The van der Waals surface area contributed by atoms with E-state index in [1.807, 2.05) is 0 Å². The third-order valence-corrected chi connectivity index (χ3v) is 4.22. The van der Waals surface area contributed by atoms with Gasteiger partial charge in [-0.15, -0.1) is 11.3 Å². The number of thiophene rings is 1. The summed E-state index contributed by atoms with van der Waals surface area (Å²) in [6.07, 6.45) is 0. The van der Waals surface area contributed by atoms with Gasteiger partial charge in [-0.1, -0.05) is 40.9 Å². The maximum absolute atomic E-state index is 11.8. The maximum Gasteiger partial charge on any atom is 0.261 e. The SMILES string of the molecule is O=C(NCc1c(Cl)cccc1Cl)c1ccc(Cl)s1. The number of benzene rings is 1. The monoisotopic (exact) mass is 319 g/mol. The highest BCUT2D eigenvalue weighted by molar-refractivity contribution is 7.17. The van der Waals surface area contributed by atoms with E-state index < -0.39 is 0 Å². The molecular formula is C12H8Cl3NOS. The van der Waals surface area contributed by atoms with Crippen LogP contribution in [0.3, 0.4) is 0 Å². The first kappa shape index (κ1) is 13.7. The number of amides is 1. The summed E-state index contributed by atoms with van der Waals surface area (Å²) >= 11 is 19.0. The van der Waals surface area contributed by atoms with Crippen LogP contribution in [0.2, 0.25) is 14.4 Å². The van der Waals surface area contributed by atoms with Gasteiger partial charge >= 0.3 is 0 Å². The first-order chi connectivity index (χ1) is 8.58. The van der Waals surface area contributed by atoms with Gasteiger partial charge in [0.05, 0.1) is 9.21 Å². The topological polar surface area (TPSA) is 29.1 Å². The normalized spacial score (nSPS) is 10.4. The summed E-state index contributed by atoms with van der Waals surface area (Å²) in [6.45, 7) is 0.285. The van der Waals surface area contributed by atoms with Gasteiger partial charge in [0.25, 0.3) is 5.91 Å². The van der Waals surface area contributed by atoms with E-state index in [0.29, 0.717) is 24.8 Å². The van der Waals surface area contributed by atoms with Crippen molar-refractivity contribution in [2.75, 3.05) is 0 Å². The van der Waals surface area contributed by atoms with Gasteiger partial charge in [0.15, 0.2) is 0 Å². The molecule has 0 fully saturated rings. The molecule has 0 aliphatic heterocycles. The Hall–Kier alpha value is -0.740. The molecule has 0 aliphatic rings. The van der Waals surface area contributed by atoms with Crippen LogP contribution in [0.15, 0.2) is 30.3 Å². The summed E-state index contributed by atoms with van der Waals surface area (Å²) in [7, 11) is 0. The van der Waals surface area contributed by atoms with E-state index in [1.165, 1.54) is 11.3 Å². The van der Waals surface area contributed by atoms with Gasteiger partial charge in [0, 0.05) is 22.2 Å². The van der Waals surface area contributed by atoms with Gasteiger partial charge in [0.2, 0.25) is 0 Å². The van der Waals surface area contributed by atoms with Crippen LogP contribution in [0.25, 0.3) is 0 Å². The Morgan fingerprint density at radius 2 is 1.78 bits per heavy atom. The Kier molecular flexibility index (Phi) is 4.51. The molecule has 0 aliphatic carbocycles. The van der Waals surface area contributed by atoms with Crippen LogP contribution in [0.5, 0.6) is 0 Å². The Balaban J connectivity index is 2.06. The standard InChI is InChI=1S/C12H8Cl3NOS/c13-8-2-1-3-9(14)7(8)6-16-12(17)10-4-5-11(15)18-10/h1-5H,6H2,(H,16,17). The zero-order valence-electron chi connectivity index (χ0n) is 9.04. The molecule has 1 aromatic heterocycles. The number of nitrogens with one attached hydrogen (secondary N) is 1. The van der Waals surface area contributed by atoms with E-state index >= 15 is 0 Å². The van der Waals surface area contributed by atoms with Crippen molar-refractivity contribution in [2.24, 2.45) is 0 Å². The fourth-order valence-corrected chi connectivity index (χ4v) is 2.88. The van der Waals surface area contributed by atoms with E-state index in [0.717, 1.165) is 0 Å². The molecule has 6 heteroatoms. The number of hydrogen-bond donors (Lipinski definition) is 1. The predicted molar refractivity (Wildman–Crippen MR) is 77.0 cm³/mol. The molecule has 0 bridgehead atoms. The molecule has 0 saturated carbocycles. The Morgan fingerprint density at radius 1 is 1.11 bits per heavy atom. The lowest BCUT2D eigenvalue weighted by atomic mass is 10.2. The second kappa shape index (κ2) is 5.93. The van der Waals surface area contributed by atoms with Crippen molar-refractivity contribution in [1.82, 2.24) is 5.32 Å². The third-order valence-electron chi connectivity index (χ3n) is 2.28. The predicted octanol–water partition coefficient (Wildman–Crippen LogP) is 4.64. The average molecular weight is 321 g/mol. The molecule has 0 saturated heterocycles. The van der Waals surface area contributed by atoms with E-state index in [4.69, 9.17) is 34.8 Å². The van der Waals surface area contributed by atoms with Gasteiger partial charge in [-0.05, 0) is 24.3 Å². The van der Waals surface area contributed by atoms with Crippen molar-refractivity contribution < 1.29 is 4.79 Å². The molecule has 2 rings (SSSR count). The Labute approximate surface area is 123 Å². The first-order valence-corrected chi connectivity index (χ1v) is 6.99. The number of carbonyl (C=O) groups is 1. The lowest BCUT2D eigenvalue weighted by Gasteiger charge is -2.07. The van der Waals surface area contributed by atoms with Gasteiger partial charge < -0.3 is 5.32 Å². The van der Waals surface area contributed by atoms with Gasteiger partial charge in [-0.2, -0.15) is 0 Å². The van der Waals surface area contributed by atoms with Crippen LogP contribution in [0.1, 0.15) is 15.2 Å². The summed E-state index contributed by atoms with van der Waals surface area (Å²) < 4.78 is 0.580. The van der Waals surface area contributed by atoms with E-state index in [2.05, 4.69) is 5.32 Å². The molecule has 1 aromatic carbocycles. The van der Waals surface area contributed by atoms with Gasteiger partial charge in [0.1, 0.15) is 0 Å². The van der Waals surface area contributed by atoms with Crippen molar-refractivity contribution in [2.45, 2.75) is 6.54 Å². The third kappa shape index (κ3) is 3.18. The minimum atomic E-state index is -0.192.